The van der Waals surface area contributed by atoms with E-state index in [9.17, 15) is 4.79 Å². The maximum atomic E-state index is 12.2. The molecule has 128 valence electrons. The van der Waals surface area contributed by atoms with Crippen LogP contribution in [0.15, 0.2) is 12.1 Å². The second-order valence-corrected chi connectivity index (χ2v) is 7.84. The van der Waals surface area contributed by atoms with Crippen LogP contribution < -0.4 is 4.74 Å². The predicted molar refractivity (Wildman–Crippen MR) is 89.7 cm³/mol. The maximum absolute atomic E-state index is 12.2. The zero-order valence-electron chi connectivity index (χ0n) is 15.1. The molecular formula is C18H28N2O3. The molecule has 1 atom stereocenters. The number of hydrogen-bond donors (Lipinski definition) is 0. The molecule has 1 aromatic heterocycles. The van der Waals surface area contributed by atoms with Crippen LogP contribution in [0.4, 0.5) is 4.79 Å². The lowest BCUT2D eigenvalue weighted by Crippen LogP contribution is -2.37. The van der Waals surface area contributed by atoms with Crippen molar-refractivity contribution < 1.29 is 14.3 Å². The van der Waals surface area contributed by atoms with Gasteiger partial charge in [-0.2, -0.15) is 0 Å². The van der Waals surface area contributed by atoms with Gasteiger partial charge in [0.05, 0.1) is 6.61 Å². The Kier molecular flexibility index (Phi) is 4.87. The molecule has 5 nitrogen and oxygen atoms in total. The number of hydrogen-bond acceptors (Lipinski definition) is 4. The highest BCUT2D eigenvalue weighted by Gasteiger charge is 2.38. The number of amides is 1. The molecule has 5 heteroatoms. The maximum Gasteiger partial charge on any atom is 0.410 e. The van der Waals surface area contributed by atoms with Crippen molar-refractivity contribution in [2.24, 2.45) is 5.41 Å². The molecule has 1 aliphatic rings. The molecule has 23 heavy (non-hydrogen) atoms. The fourth-order valence-corrected chi connectivity index (χ4v) is 2.76. The lowest BCUT2D eigenvalue weighted by Gasteiger charge is -2.27. The summed E-state index contributed by atoms with van der Waals surface area (Å²) in [5.74, 6) is 0.840. The third-order valence-electron chi connectivity index (χ3n) is 3.85. The van der Waals surface area contributed by atoms with Gasteiger partial charge in [0.2, 0.25) is 0 Å². The smallest absolute Gasteiger partial charge is 0.410 e. The Morgan fingerprint density at radius 2 is 1.91 bits per heavy atom. The Bertz CT molecular complexity index is 560. The van der Waals surface area contributed by atoms with Gasteiger partial charge in [0.25, 0.3) is 0 Å². The monoisotopic (exact) mass is 320 g/mol. The number of ether oxygens (including phenoxy) is 2. The van der Waals surface area contributed by atoms with Gasteiger partial charge in [-0.25, -0.2) is 4.79 Å². The van der Waals surface area contributed by atoms with Crippen molar-refractivity contribution in [3.8, 4) is 5.75 Å². The van der Waals surface area contributed by atoms with Gasteiger partial charge in [0, 0.05) is 42.0 Å². The van der Waals surface area contributed by atoms with E-state index in [1.54, 1.807) is 4.90 Å². The Morgan fingerprint density at radius 3 is 2.48 bits per heavy atom. The molecule has 0 aromatic carbocycles. The molecule has 1 aromatic rings. The second kappa shape index (κ2) is 6.38. The zero-order chi connectivity index (χ0) is 17.3. The highest BCUT2D eigenvalue weighted by Crippen LogP contribution is 2.32. The number of aryl methyl sites for hydroxylation is 2. The summed E-state index contributed by atoms with van der Waals surface area (Å²) in [6, 6.07) is 3.88. The Morgan fingerprint density at radius 1 is 1.30 bits per heavy atom. The van der Waals surface area contributed by atoms with Crippen molar-refractivity contribution >= 4 is 6.09 Å². The van der Waals surface area contributed by atoms with Crippen LogP contribution in [-0.4, -0.2) is 41.3 Å². The zero-order valence-corrected chi connectivity index (χ0v) is 15.1. The van der Waals surface area contributed by atoms with Gasteiger partial charge < -0.3 is 14.4 Å². The molecule has 0 bridgehead atoms. The summed E-state index contributed by atoms with van der Waals surface area (Å²) in [4.78, 5) is 18.3. The van der Waals surface area contributed by atoms with Crippen molar-refractivity contribution in [1.82, 2.24) is 9.88 Å². The van der Waals surface area contributed by atoms with Crippen LogP contribution in [0, 0.1) is 19.3 Å². The normalized spacial score (nSPS) is 21.4. The summed E-state index contributed by atoms with van der Waals surface area (Å²) >= 11 is 0. The minimum absolute atomic E-state index is 0.0536. The molecule has 0 spiro atoms. The Hall–Kier alpha value is -1.78. The third kappa shape index (κ3) is 5.12. The standard InChI is InChI=1S/C18H28N2O3/c1-13-9-15(10-14(2)19-13)22-12-18(6)7-8-20(11-18)16(21)23-17(3,4)5/h9-10H,7-8,11-12H2,1-6H3. The van der Waals surface area contributed by atoms with E-state index in [1.807, 2.05) is 46.8 Å². The predicted octanol–water partition coefficient (Wildman–Crippen LogP) is 3.72. The number of pyridine rings is 1. The number of nitrogens with zero attached hydrogens (tertiary/aromatic N) is 2. The molecule has 0 N–H and O–H groups in total. The van der Waals surface area contributed by atoms with Gasteiger partial charge >= 0.3 is 6.09 Å². The molecule has 0 aliphatic carbocycles. The minimum Gasteiger partial charge on any atom is -0.493 e. The summed E-state index contributed by atoms with van der Waals surface area (Å²) in [6.45, 7) is 13.7. The molecule has 1 aliphatic heterocycles. The second-order valence-electron chi connectivity index (χ2n) is 7.84. The van der Waals surface area contributed by atoms with E-state index in [2.05, 4.69) is 11.9 Å². The third-order valence-corrected chi connectivity index (χ3v) is 3.85. The van der Waals surface area contributed by atoms with Gasteiger partial charge in [-0.15, -0.1) is 0 Å². The molecule has 0 saturated carbocycles. The Balaban J connectivity index is 1.92. The number of aromatic nitrogens is 1. The number of carbonyl (C=O) groups is 1. The van der Waals surface area contributed by atoms with Crippen molar-refractivity contribution in [1.29, 1.82) is 0 Å². The van der Waals surface area contributed by atoms with Crippen molar-refractivity contribution in [3.63, 3.8) is 0 Å². The average molecular weight is 320 g/mol. The van der Waals surface area contributed by atoms with E-state index in [0.717, 1.165) is 23.6 Å². The van der Waals surface area contributed by atoms with Crippen molar-refractivity contribution in [2.75, 3.05) is 19.7 Å². The van der Waals surface area contributed by atoms with E-state index in [1.165, 1.54) is 0 Å². The summed E-state index contributed by atoms with van der Waals surface area (Å²) < 4.78 is 11.4. The van der Waals surface area contributed by atoms with E-state index >= 15 is 0 Å². The van der Waals surface area contributed by atoms with Gasteiger partial charge in [-0.1, -0.05) is 6.92 Å². The summed E-state index contributed by atoms with van der Waals surface area (Å²) in [5.41, 5.74) is 1.39. The lowest BCUT2D eigenvalue weighted by molar-refractivity contribution is 0.0265. The SMILES string of the molecule is Cc1cc(OCC2(C)CCN(C(=O)OC(C)(C)C)C2)cc(C)n1. The highest BCUT2D eigenvalue weighted by atomic mass is 16.6. The lowest BCUT2D eigenvalue weighted by atomic mass is 9.91. The van der Waals surface area contributed by atoms with Gasteiger partial charge in [-0.05, 0) is 41.0 Å². The molecule has 2 rings (SSSR count). The number of likely N-dealkylation sites (tertiary alicyclic amines) is 1. The van der Waals surface area contributed by atoms with E-state index in [-0.39, 0.29) is 11.5 Å². The quantitative estimate of drug-likeness (QED) is 0.851. The van der Waals surface area contributed by atoms with Crippen LogP contribution in [0.5, 0.6) is 5.75 Å². The largest absolute Gasteiger partial charge is 0.493 e. The minimum atomic E-state index is -0.460. The van der Waals surface area contributed by atoms with E-state index in [4.69, 9.17) is 9.47 Å². The first-order chi connectivity index (χ1) is 10.6. The number of carbonyl (C=O) groups excluding carboxylic acids is 1. The number of rotatable bonds is 3. The molecular weight excluding hydrogens is 292 g/mol. The van der Waals surface area contributed by atoms with Crippen molar-refractivity contribution in [2.45, 2.75) is 53.6 Å². The molecule has 2 heterocycles. The van der Waals surface area contributed by atoms with Crippen LogP contribution in [0.2, 0.25) is 0 Å². The van der Waals surface area contributed by atoms with Crippen LogP contribution in [0.25, 0.3) is 0 Å². The first-order valence-corrected chi connectivity index (χ1v) is 8.12. The fourth-order valence-electron chi connectivity index (χ4n) is 2.76. The first-order valence-electron chi connectivity index (χ1n) is 8.12. The van der Waals surface area contributed by atoms with Crippen LogP contribution in [0.3, 0.4) is 0 Å². The van der Waals surface area contributed by atoms with Crippen molar-refractivity contribution in [3.05, 3.63) is 23.5 Å². The molecule has 1 amide bonds. The highest BCUT2D eigenvalue weighted by molar-refractivity contribution is 5.68. The van der Waals surface area contributed by atoms with Crippen LogP contribution in [-0.2, 0) is 4.74 Å². The molecule has 1 unspecified atom stereocenters. The van der Waals surface area contributed by atoms with Gasteiger partial charge in [0.1, 0.15) is 11.4 Å². The van der Waals surface area contributed by atoms with Crippen LogP contribution in [0.1, 0.15) is 45.5 Å². The average Bonchev–Trinajstić information content (AvgIpc) is 2.77. The summed E-state index contributed by atoms with van der Waals surface area (Å²) in [6.07, 6.45) is 0.673. The topological polar surface area (TPSA) is 51.7 Å². The van der Waals surface area contributed by atoms with E-state index in [0.29, 0.717) is 19.7 Å². The molecule has 1 fully saturated rings. The molecule has 1 saturated heterocycles. The first kappa shape index (κ1) is 17.6. The van der Waals surface area contributed by atoms with Gasteiger partial charge in [-0.3, -0.25) is 4.98 Å². The van der Waals surface area contributed by atoms with Crippen LogP contribution >= 0.6 is 0 Å². The fraction of sp³-hybridized carbons (Fsp3) is 0.667. The van der Waals surface area contributed by atoms with Gasteiger partial charge in [0.15, 0.2) is 0 Å². The van der Waals surface area contributed by atoms with E-state index < -0.39 is 5.60 Å². The Labute approximate surface area is 139 Å². The summed E-state index contributed by atoms with van der Waals surface area (Å²) in [5, 5.41) is 0. The molecule has 0 radical (unpaired) electrons. The summed E-state index contributed by atoms with van der Waals surface area (Å²) in [7, 11) is 0.